The topological polar surface area (TPSA) is 12.9 Å². The number of nitrogens with zero attached hydrogens (tertiary/aromatic N) is 1. The number of aryl methyl sites for hydroxylation is 2. The molecular formula is C18H21ClFN. The van der Waals surface area contributed by atoms with Crippen LogP contribution in [0.3, 0.4) is 0 Å². The van der Waals surface area contributed by atoms with E-state index >= 15 is 0 Å². The fourth-order valence-corrected chi connectivity index (χ4v) is 2.72. The molecule has 1 nitrogen and oxygen atoms in total. The van der Waals surface area contributed by atoms with Crippen LogP contribution in [-0.2, 0) is 19.3 Å². The van der Waals surface area contributed by atoms with Gasteiger partial charge in [-0.3, -0.25) is 4.98 Å². The number of benzene rings is 1. The SMILES string of the molecule is Cc1nc(CCc2c(F)cccc2Cl)ccc1CC(C)C. The smallest absolute Gasteiger partial charge is 0.127 e. The molecule has 112 valence electrons. The minimum absolute atomic E-state index is 0.240. The van der Waals surface area contributed by atoms with Crippen molar-refractivity contribution in [2.24, 2.45) is 5.92 Å². The highest BCUT2D eigenvalue weighted by atomic mass is 35.5. The van der Waals surface area contributed by atoms with E-state index in [1.807, 2.05) is 13.0 Å². The van der Waals surface area contributed by atoms with E-state index in [4.69, 9.17) is 11.6 Å². The maximum absolute atomic E-state index is 13.7. The summed E-state index contributed by atoms with van der Waals surface area (Å²) in [6.45, 7) is 6.44. The van der Waals surface area contributed by atoms with Crippen molar-refractivity contribution in [3.8, 4) is 0 Å². The van der Waals surface area contributed by atoms with Crippen molar-refractivity contribution in [1.82, 2.24) is 4.98 Å². The zero-order chi connectivity index (χ0) is 15.4. The predicted molar refractivity (Wildman–Crippen MR) is 86.3 cm³/mol. The first-order valence-corrected chi connectivity index (χ1v) is 7.73. The Morgan fingerprint density at radius 1 is 1.14 bits per heavy atom. The van der Waals surface area contributed by atoms with Crippen molar-refractivity contribution in [3.05, 3.63) is 63.7 Å². The molecule has 1 aromatic heterocycles. The normalized spacial score (nSPS) is 11.1. The number of rotatable bonds is 5. The highest BCUT2D eigenvalue weighted by molar-refractivity contribution is 6.31. The van der Waals surface area contributed by atoms with Gasteiger partial charge in [-0.2, -0.15) is 0 Å². The van der Waals surface area contributed by atoms with Crippen LogP contribution < -0.4 is 0 Å². The maximum atomic E-state index is 13.7. The molecule has 2 rings (SSSR count). The van der Waals surface area contributed by atoms with Crippen LogP contribution in [0.2, 0.25) is 5.02 Å². The largest absolute Gasteiger partial charge is 0.258 e. The summed E-state index contributed by atoms with van der Waals surface area (Å²) in [6.07, 6.45) is 2.31. The van der Waals surface area contributed by atoms with Gasteiger partial charge in [-0.15, -0.1) is 0 Å². The Bertz CT molecular complexity index is 602. The summed E-state index contributed by atoms with van der Waals surface area (Å²) in [7, 11) is 0. The van der Waals surface area contributed by atoms with E-state index < -0.39 is 0 Å². The third kappa shape index (κ3) is 4.28. The number of hydrogen-bond acceptors (Lipinski definition) is 1. The Labute approximate surface area is 131 Å². The standard InChI is InChI=1S/C18H21ClFN/c1-12(2)11-14-7-8-15(21-13(14)3)9-10-16-17(19)5-4-6-18(16)20/h4-8,12H,9-11H2,1-3H3. The van der Waals surface area contributed by atoms with Crippen molar-refractivity contribution in [2.75, 3.05) is 0 Å². The van der Waals surface area contributed by atoms with Gasteiger partial charge in [0.15, 0.2) is 0 Å². The molecule has 0 saturated heterocycles. The lowest BCUT2D eigenvalue weighted by atomic mass is 10.0. The first-order valence-electron chi connectivity index (χ1n) is 7.35. The van der Waals surface area contributed by atoms with Crippen molar-refractivity contribution in [2.45, 2.75) is 40.0 Å². The summed E-state index contributed by atoms with van der Waals surface area (Å²) in [5.41, 5.74) is 3.92. The summed E-state index contributed by atoms with van der Waals surface area (Å²) >= 11 is 6.05. The fourth-order valence-electron chi connectivity index (χ4n) is 2.46. The van der Waals surface area contributed by atoms with E-state index in [0.29, 0.717) is 29.3 Å². The molecule has 0 aliphatic carbocycles. The van der Waals surface area contributed by atoms with Crippen LogP contribution in [-0.4, -0.2) is 4.98 Å². The van der Waals surface area contributed by atoms with E-state index in [0.717, 1.165) is 17.8 Å². The van der Waals surface area contributed by atoms with Crippen LogP contribution in [0, 0.1) is 18.7 Å². The van der Waals surface area contributed by atoms with E-state index in [9.17, 15) is 4.39 Å². The van der Waals surface area contributed by atoms with Crippen LogP contribution in [0.25, 0.3) is 0 Å². The second kappa shape index (κ2) is 7.04. The Kier molecular flexibility index (Phi) is 5.35. The van der Waals surface area contributed by atoms with Gasteiger partial charge in [-0.1, -0.05) is 37.6 Å². The molecular weight excluding hydrogens is 285 g/mol. The molecule has 1 heterocycles. The molecule has 0 atom stereocenters. The van der Waals surface area contributed by atoms with Gasteiger partial charge in [0.25, 0.3) is 0 Å². The Hall–Kier alpha value is -1.41. The van der Waals surface area contributed by atoms with Crippen LogP contribution in [0.1, 0.15) is 36.4 Å². The molecule has 0 radical (unpaired) electrons. The minimum Gasteiger partial charge on any atom is -0.258 e. The van der Waals surface area contributed by atoms with Gasteiger partial charge < -0.3 is 0 Å². The van der Waals surface area contributed by atoms with E-state index in [1.54, 1.807) is 12.1 Å². The average Bonchev–Trinajstić information content (AvgIpc) is 2.41. The van der Waals surface area contributed by atoms with Crippen molar-refractivity contribution < 1.29 is 4.39 Å². The number of halogens is 2. The van der Waals surface area contributed by atoms with Gasteiger partial charge in [0.2, 0.25) is 0 Å². The van der Waals surface area contributed by atoms with Gasteiger partial charge in [0, 0.05) is 22.0 Å². The van der Waals surface area contributed by atoms with E-state index in [-0.39, 0.29) is 5.82 Å². The molecule has 3 heteroatoms. The zero-order valence-electron chi connectivity index (χ0n) is 12.8. The van der Waals surface area contributed by atoms with E-state index in [2.05, 4.69) is 24.9 Å². The molecule has 0 unspecified atom stereocenters. The van der Waals surface area contributed by atoms with Gasteiger partial charge in [0.1, 0.15) is 5.82 Å². The molecule has 2 aromatic rings. The molecule has 0 spiro atoms. The molecule has 0 fully saturated rings. The van der Waals surface area contributed by atoms with Gasteiger partial charge in [-0.25, -0.2) is 4.39 Å². The Balaban J connectivity index is 2.09. The lowest BCUT2D eigenvalue weighted by Gasteiger charge is -2.10. The van der Waals surface area contributed by atoms with Crippen LogP contribution in [0.4, 0.5) is 4.39 Å². The maximum Gasteiger partial charge on any atom is 0.127 e. The molecule has 0 N–H and O–H groups in total. The first kappa shape index (κ1) is 16.0. The zero-order valence-corrected chi connectivity index (χ0v) is 13.5. The van der Waals surface area contributed by atoms with Crippen LogP contribution >= 0.6 is 11.6 Å². The van der Waals surface area contributed by atoms with Crippen LogP contribution in [0.15, 0.2) is 30.3 Å². The fraction of sp³-hybridized carbons (Fsp3) is 0.389. The number of hydrogen-bond donors (Lipinski definition) is 0. The first-order chi connectivity index (χ1) is 9.97. The Morgan fingerprint density at radius 3 is 2.52 bits per heavy atom. The lowest BCUT2D eigenvalue weighted by Crippen LogP contribution is -2.03. The van der Waals surface area contributed by atoms with E-state index in [1.165, 1.54) is 11.6 Å². The van der Waals surface area contributed by atoms with Gasteiger partial charge in [0.05, 0.1) is 0 Å². The highest BCUT2D eigenvalue weighted by Gasteiger charge is 2.09. The van der Waals surface area contributed by atoms with Crippen molar-refractivity contribution in [3.63, 3.8) is 0 Å². The summed E-state index contributed by atoms with van der Waals surface area (Å²) in [4.78, 5) is 4.64. The monoisotopic (exact) mass is 305 g/mol. The molecule has 21 heavy (non-hydrogen) atoms. The lowest BCUT2D eigenvalue weighted by molar-refractivity contribution is 0.608. The molecule has 1 aromatic carbocycles. The van der Waals surface area contributed by atoms with Gasteiger partial charge >= 0.3 is 0 Å². The Morgan fingerprint density at radius 2 is 1.90 bits per heavy atom. The summed E-state index contributed by atoms with van der Waals surface area (Å²) in [6, 6.07) is 8.99. The summed E-state index contributed by atoms with van der Waals surface area (Å²) in [5, 5.41) is 0.489. The molecule has 0 saturated carbocycles. The van der Waals surface area contributed by atoms with Crippen molar-refractivity contribution >= 4 is 11.6 Å². The van der Waals surface area contributed by atoms with Gasteiger partial charge in [-0.05, 0) is 55.9 Å². The summed E-state index contributed by atoms with van der Waals surface area (Å²) < 4.78 is 13.7. The molecule has 0 bridgehead atoms. The quantitative estimate of drug-likeness (QED) is 0.743. The third-order valence-corrected chi connectivity index (χ3v) is 3.93. The molecule has 0 aliphatic rings. The second-order valence-electron chi connectivity index (χ2n) is 5.85. The predicted octanol–water partition coefficient (Wildman–Crippen LogP) is 5.17. The molecule has 0 aliphatic heterocycles. The number of pyridine rings is 1. The highest BCUT2D eigenvalue weighted by Crippen LogP contribution is 2.21. The van der Waals surface area contributed by atoms with Crippen molar-refractivity contribution in [1.29, 1.82) is 0 Å². The van der Waals surface area contributed by atoms with Crippen LogP contribution in [0.5, 0.6) is 0 Å². The minimum atomic E-state index is -0.240. The third-order valence-electron chi connectivity index (χ3n) is 3.57. The molecule has 0 amide bonds. The number of aromatic nitrogens is 1. The summed E-state index contributed by atoms with van der Waals surface area (Å²) in [5.74, 6) is 0.379. The average molecular weight is 306 g/mol. The second-order valence-corrected chi connectivity index (χ2v) is 6.25.